The molecule has 3 aliphatic rings. The quantitative estimate of drug-likeness (QED) is 0.687. The molecule has 90 valence electrons. The van der Waals surface area contributed by atoms with Gasteiger partial charge in [0, 0.05) is 14.6 Å². The molecule has 0 radical (unpaired) electrons. The number of halogens is 1. The van der Waals surface area contributed by atoms with Crippen LogP contribution in [0.5, 0.6) is 0 Å². The minimum Gasteiger partial charge on any atom is -0.381 e. The van der Waals surface area contributed by atoms with Gasteiger partial charge in [-0.05, 0) is 73.4 Å². The minimum atomic E-state index is -1.21. The predicted molar refractivity (Wildman–Crippen MR) is 74.8 cm³/mol. The van der Waals surface area contributed by atoms with Crippen molar-refractivity contribution < 1.29 is 9.90 Å². The van der Waals surface area contributed by atoms with Crippen LogP contribution < -0.4 is 0 Å². The Morgan fingerprint density at radius 2 is 1.94 bits per heavy atom. The topological polar surface area (TPSA) is 37.3 Å². The molecule has 1 atom stereocenters. The Labute approximate surface area is 115 Å². The fraction of sp³-hybridized carbons (Fsp3) is 0.500. The number of Topliss-reactive ketones (excluding diaryl/α,β-unsaturated/α-hetero) is 1. The molecule has 3 rings (SSSR count). The third-order valence-electron chi connectivity index (χ3n) is 4.66. The predicted octanol–water partition coefficient (Wildman–Crippen LogP) is 3.07. The van der Waals surface area contributed by atoms with Crippen LogP contribution in [0, 0.1) is 5.41 Å². The molecule has 2 nitrogen and oxygen atoms in total. The lowest BCUT2D eigenvalue weighted by Gasteiger charge is -2.38. The average molecular weight is 342 g/mol. The van der Waals surface area contributed by atoms with E-state index < -0.39 is 5.60 Å². The van der Waals surface area contributed by atoms with Crippen LogP contribution in [0.25, 0.3) is 0 Å². The van der Waals surface area contributed by atoms with Gasteiger partial charge in [-0.25, -0.2) is 0 Å². The number of rotatable bonds is 0. The van der Waals surface area contributed by atoms with Crippen LogP contribution >= 0.6 is 22.6 Å². The van der Waals surface area contributed by atoms with Crippen LogP contribution in [0.4, 0.5) is 0 Å². The van der Waals surface area contributed by atoms with Gasteiger partial charge >= 0.3 is 0 Å². The van der Waals surface area contributed by atoms with Gasteiger partial charge in [0.1, 0.15) is 5.60 Å². The third-order valence-corrected chi connectivity index (χ3v) is 6.05. The van der Waals surface area contributed by atoms with E-state index in [0.29, 0.717) is 5.57 Å². The van der Waals surface area contributed by atoms with Crippen molar-refractivity contribution in [1.29, 1.82) is 0 Å². The Hall–Kier alpha value is -0.420. The first-order chi connectivity index (χ1) is 7.83. The summed E-state index contributed by atoms with van der Waals surface area (Å²) in [5.74, 6) is -0.0957. The third kappa shape index (κ3) is 1.17. The summed E-state index contributed by atoms with van der Waals surface area (Å²) in [6, 6.07) is 0. The van der Waals surface area contributed by atoms with Crippen LogP contribution in [0.15, 0.2) is 31.9 Å². The Bertz CT molecular complexity index is 543. The van der Waals surface area contributed by atoms with E-state index in [4.69, 9.17) is 0 Å². The second kappa shape index (κ2) is 3.12. The van der Waals surface area contributed by atoms with Gasteiger partial charge in [0.15, 0.2) is 5.78 Å². The van der Waals surface area contributed by atoms with Crippen LogP contribution in [-0.2, 0) is 4.79 Å². The fourth-order valence-electron chi connectivity index (χ4n) is 3.28. The second-order valence-corrected chi connectivity index (χ2v) is 6.62. The van der Waals surface area contributed by atoms with Crippen molar-refractivity contribution in [2.24, 2.45) is 5.41 Å². The summed E-state index contributed by atoms with van der Waals surface area (Å²) < 4.78 is 1.17. The highest BCUT2D eigenvalue weighted by molar-refractivity contribution is 14.1. The standard InChI is InChI=1S/C14H15IO2/c1-7-6-9-10(11(7)15)8(2)14(4-5-14)13(3,17)12(9)16/h6,17H,4-5H2,1-3H3. The van der Waals surface area contributed by atoms with Crippen LogP contribution in [-0.4, -0.2) is 16.5 Å². The van der Waals surface area contributed by atoms with Crippen molar-refractivity contribution in [3.63, 3.8) is 0 Å². The number of aliphatic hydroxyl groups is 1. The summed E-state index contributed by atoms with van der Waals surface area (Å²) in [6.07, 6.45) is 3.78. The molecule has 1 fully saturated rings. The van der Waals surface area contributed by atoms with E-state index >= 15 is 0 Å². The fourth-order valence-corrected chi connectivity index (χ4v) is 4.13. The molecule has 17 heavy (non-hydrogen) atoms. The molecule has 0 aromatic rings. The highest BCUT2D eigenvalue weighted by atomic mass is 127. The summed E-state index contributed by atoms with van der Waals surface area (Å²) >= 11 is 2.31. The van der Waals surface area contributed by atoms with Crippen molar-refractivity contribution in [3.8, 4) is 0 Å². The van der Waals surface area contributed by atoms with Crippen LogP contribution in [0.2, 0.25) is 0 Å². The highest BCUT2D eigenvalue weighted by Crippen LogP contribution is 2.65. The van der Waals surface area contributed by atoms with Gasteiger partial charge in [-0.2, -0.15) is 0 Å². The van der Waals surface area contributed by atoms with Gasteiger partial charge in [-0.1, -0.05) is 5.57 Å². The van der Waals surface area contributed by atoms with Crippen molar-refractivity contribution in [2.45, 2.75) is 39.2 Å². The highest BCUT2D eigenvalue weighted by Gasteiger charge is 2.64. The molecule has 3 aliphatic carbocycles. The number of fused-ring (bicyclic) bond motifs is 1. The summed E-state index contributed by atoms with van der Waals surface area (Å²) in [5.41, 5.74) is 2.65. The molecule has 0 bridgehead atoms. The van der Waals surface area contributed by atoms with E-state index in [2.05, 4.69) is 29.5 Å². The van der Waals surface area contributed by atoms with E-state index in [1.807, 2.05) is 13.0 Å². The van der Waals surface area contributed by atoms with Gasteiger partial charge in [-0.15, -0.1) is 0 Å². The Morgan fingerprint density at radius 1 is 1.35 bits per heavy atom. The molecule has 0 heterocycles. The Morgan fingerprint density at radius 3 is 2.47 bits per heavy atom. The normalized spacial score (nSPS) is 34.4. The van der Waals surface area contributed by atoms with Gasteiger partial charge in [0.25, 0.3) is 0 Å². The molecule has 0 aromatic heterocycles. The second-order valence-electron chi connectivity index (χ2n) is 5.54. The molecule has 0 saturated heterocycles. The average Bonchev–Trinajstić information content (AvgIpc) is 3.01. The maximum Gasteiger partial charge on any atom is 0.195 e. The number of ketones is 1. The van der Waals surface area contributed by atoms with E-state index in [9.17, 15) is 9.90 Å². The van der Waals surface area contributed by atoms with Crippen molar-refractivity contribution >= 4 is 28.4 Å². The van der Waals surface area contributed by atoms with Gasteiger partial charge in [0.2, 0.25) is 0 Å². The molecule has 1 spiro atoms. The molecule has 0 amide bonds. The lowest BCUT2D eigenvalue weighted by atomic mass is 9.68. The monoisotopic (exact) mass is 342 g/mol. The number of allylic oxidation sites excluding steroid dienone is 4. The number of carbonyl (C=O) groups excluding carboxylic acids is 1. The summed E-state index contributed by atoms with van der Waals surface area (Å²) in [7, 11) is 0. The van der Waals surface area contributed by atoms with E-state index in [0.717, 1.165) is 24.0 Å². The summed E-state index contributed by atoms with van der Waals surface area (Å²) in [4.78, 5) is 12.4. The lowest BCUT2D eigenvalue weighted by molar-refractivity contribution is -0.137. The molecular weight excluding hydrogens is 327 g/mol. The van der Waals surface area contributed by atoms with Crippen molar-refractivity contribution in [3.05, 3.63) is 31.9 Å². The number of hydrogen-bond donors (Lipinski definition) is 1. The largest absolute Gasteiger partial charge is 0.381 e. The molecule has 0 aliphatic heterocycles. The smallest absolute Gasteiger partial charge is 0.195 e. The maximum absolute atomic E-state index is 12.4. The van der Waals surface area contributed by atoms with Gasteiger partial charge in [-0.3, -0.25) is 4.79 Å². The number of carbonyl (C=O) groups is 1. The maximum atomic E-state index is 12.4. The van der Waals surface area contributed by atoms with Crippen molar-refractivity contribution in [2.75, 3.05) is 0 Å². The minimum absolute atomic E-state index is 0.0957. The molecule has 1 saturated carbocycles. The van der Waals surface area contributed by atoms with E-state index in [1.165, 1.54) is 9.15 Å². The van der Waals surface area contributed by atoms with Gasteiger partial charge < -0.3 is 5.11 Å². The molecule has 1 unspecified atom stereocenters. The zero-order valence-corrected chi connectivity index (χ0v) is 12.4. The molecule has 0 aromatic carbocycles. The zero-order chi connectivity index (χ0) is 12.6. The van der Waals surface area contributed by atoms with E-state index in [1.54, 1.807) is 6.92 Å². The Kier molecular flexibility index (Phi) is 2.14. The first-order valence-electron chi connectivity index (χ1n) is 5.90. The summed E-state index contributed by atoms with van der Waals surface area (Å²) in [6.45, 7) is 5.78. The van der Waals surface area contributed by atoms with E-state index in [-0.39, 0.29) is 11.2 Å². The summed E-state index contributed by atoms with van der Waals surface area (Å²) in [5, 5.41) is 10.6. The SMILES string of the molecule is CC1=C(I)C2=C(C)C3(CC3)C(C)(O)C(=O)C2=C1. The molecular formula is C14H15IO2. The molecule has 1 N–H and O–H groups in total. The first-order valence-corrected chi connectivity index (χ1v) is 6.98. The lowest BCUT2D eigenvalue weighted by Crippen LogP contribution is -2.49. The molecule has 3 heteroatoms. The van der Waals surface area contributed by atoms with Gasteiger partial charge in [0.05, 0.1) is 0 Å². The zero-order valence-electron chi connectivity index (χ0n) is 10.2. The Balaban J connectivity index is 2.31. The first kappa shape index (κ1) is 11.7. The number of hydrogen-bond acceptors (Lipinski definition) is 2. The van der Waals surface area contributed by atoms with Crippen molar-refractivity contribution in [1.82, 2.24) is 0 Å². The van der Waals surface area contributed by atoms with Crippen LogP contribution in [0.3, 0.4) is 0 Å². The van der Waals surface area contributed by atoms with Crippen LogP contribution in [0.1, 0.15) is 33.6 Å².